The van der Waals surface area contributed by atoms with Crippen molar-refractivity contribution in [3.05, 3.63) is 42.7 Å². The summed E-state index contributed by atoms with van der Waals surface area (Å²) in [5, 5.41) is 7.58. The van der Waals surface area contributed by atoms with Gasteiger partial charge < -0.3 is 0 Å². The molecule has 0 atom stereocenters. The minimum Gasteiger partial charge on any atom is -0.273 e. The monoisotopic (exact) mass is 402 g/mol. The lowest BCUT2D eigenvalue weighted by Crippen LogP contribution is -2.22. The molecule has 0 fully saturated rings. The maximum atomic E-state index is 11.6. The zero-order valence-corrected chi connectivity index (χ0v) is 15.3. The molecule has 2 rings (SSSR count). The number of nitrogens with one attached hydrogen (secondary N) is 2. The van der Waals surface area contributed by atoms with Crippen LogP contribution >= 0.6 is 45.9 Å². The van der Waals surface area contributed by atoms with Crippen LogP contribution in [0.5, 0.6) is 0 Å². The molecular weight excluding hydrogens is 391 g/mol. The molecule has 2 aromatic rings. The summed E-state index contributed by atoms with van der Waals surface area (Å²) in [6.07, 6.45) is 3.00. The molecule has 126 valence electrons. The first kappa shape index (κ1) is 18.6. The predicted molar refractivity (Wildman–Crippen MR) is 99.4 cm³/mol. The average molecular weight is 403 g/mol. The number of thiophene rings is 2. The number of rotatable bonds is 7. The van der Waals surface area contributed by atoms with Gasteiger partial charge in [-0.05, 0) is 24.3 Å². The fourth-order valence-corrected chi connectivity index (χ4v) is 3.34. The van der Waals surface area contributed by atoms with Crippen LogP contribution in [0.25, 0.3) is 0 Å². The molecular formula is C14H12Cl2N4O2S2. The van der Waals surface area contributed by atoms with Crippen LogP contribution in [-0.4, -0.2) is 24.2 Å². The molecule has 0 spiro atoms. The van der Waals surface area contributed by atoms with Gasteiger partial charge in [-0.1, -0.05) is 23.2 Å². The van der Waals surface area contributed by atoms with Gasteiger partial charge in [0.25, 0.3) is 0 Å². The van der Waals surface area contributed by atoms with Gasteiger partial charge in [0.05, 0.1) is 21.1 Å². The van der Waals surface area contributed by atoms with Crippen LogP contribution in [0.2, 0.25) is 8.67 Å². The molecule has 10 heteroatoms. The van der Waals surface area contributed by atoms with Gasteiger partial charge in [-0.15, -0.1) is 22.7 Å². The average Bonchev–Trinajstić information content (AvgIpc) is 3.14. The molecule has 2 amide bonds. The Bertz CT molecular complexity index is 706. The summed E-state index contributed by atoms with van der Waals surface area (Å²) in [5.74, 6) is -0.726. The number of hydrazone groups is 2. The zero-order valence-electron chi connectivity index (χ0n) is 12.2. The van der Waals surface area contributed by atoms with Gasteiger partial charge in [0.2, 0.25) is 11.8 Å². The molecule has 24 heavy (non-hydrogen) atoms. The topological polar surface area (TPSA) is 82.9 Å². The largest absolute Gasteiger partial charge is 0.273 e. The van der Waals surface area contributed by atoms with Crippen molar-refractivity contribution < 1.29 is 9.59 Å². The van der Waals surface area contributed by atoms with Crippen LogP contribution in [0.15, 0.2) is 34.5 Å². The fraction of sp³-hybridized carbons (Fsp3) is 0.143. The van der Waals surface area contributed by atoms with Crippen molar-refractivity contribution in [1.29, 1.82) is 0 Å². The summed E-state index contributed by atoms with van der Waals surface area (Å²) < 4.78 is 1.29. The quantitative estimate of drug-likeness (QED) is 0.548. The molecule has 0 radical (unpaired) electrons. The number of hydrogen-bond donors (Lipinski definition) is 2. The highest BCUT2D eigenvalue weighted by atomic mass is 35.5. The molecule has 0 saturated carbocycles. The van der Waals surface area contributed by atoms with Crippen LogP contribution in [0.4, 0.5) is 0 Å². The minimum absolute atomic E-state index is 0.00865. The number of carbonyl (C=O) groups is 2. The first-order chi connectivity index (χ1) is 11.5. The van der Waals surface area contributed by atoms with Crippen LogP contribution in [-0.2, 0) is 9.59 Å². The Kier molecular flexibility index (Phi) is 7.38. The molecule has 0 aliphatic heterocycles. The van der Waals surface area contributed by atoms with Gasteiger partial charge in [0.15, 0.2) is 0 Å². The van der Waals surface area contributed by atoms with Crippen molar-refractivity contribution in [2.75, 3.05) is 0 Å². The second-order valence-electron chi connectivity index (χ2n) is 4.37. The molecule has 0 unspecified atom stereocenters. The van der Waals surface area contributed by atoms with E-state index in [1.807, 2.05) is 0 Å². The highest BCUT2D eigenvalue weighted by Gasteiger charge is 2.05. The summed E-state index contributed by atoms with van der Waals surface area (Å²) in [6.45, 7) is 0. The number of nitrogens with zero attached hydrogens (tertiary/aromatic N) is 2. The molecule has 0 aliphatic carbocycles. The van der Waals surface area contributed by atoms with E-state index in [9.17, 15) is 9.59 Å². The van der Waals surface area contributed by atoms with Crippen LogP contribution in [0.1, 0.15) is 22.6 Å². The van der Waals surface area contributed by atoms with Crippen molar-refractivity contribution in [3.63, 3.8) is 0 Å². The van der Waals surface area contributed by atoms with Gasteiger partial charge in [-0.3, -0.25) is 9.59 Å². The summed E-state index contributed by atoms with van der Waals surface area (Å²) in [4.78, 5) is 24.8. The molecule has 0 aliphatic rings. The third kappa shape index (κ3) is 6.79. The van der Waals surface area contributed by atoms with Gasteiger partial charge in [0.1, 0.15) is 0 Å². The van der Waals surface area contributed by atoms with Crippen molar-refractivity contribution >= 4 is 70.1 Å². The number of amides is 2. The van der Waals surface area contributed by atoms with E-state index >= 15 is 0 Å². The van der Waals surface area contributed by atoms with Crippen molar-refractivity contribution in [2.24, 2.45) is 10.2 Å². The molecule has 2 N–H and O–H groups in total. The Morgan fingerprint density at radius 1 is 0.875 bits per heavy atom. The van der Waals surface area contributed by atoms with Gasteiger partial charge >= 0.3 is 0 Å². The summed E-state index contributed by atoms with van der Waals surface area (Å²) in [7, 11) is 0. The van der Waals surface area contributed by atoms with E-state index in [1.165, 1.54) is 35.1 Å². The Labute approximate surface area is 156 Å². The minimum atomic E-state index is -0.363. The fourth-order valence-electron chi connectivity index (χ4n) is 1.47. The summed E-state index contributed by atoms with van der Waals surface area (Å²) >= 11 is 14.2. The molecule has 0 aromatic carbocycles. The standard InChI is InChI=1S/C14H12Cl2N4O2S2/c15-11-3-1-9(23-11)7-17-19-13(21)5-6-14(22)20-18-8-10-2-4-12(16)24-10/h1-4,7-8H,5-6H2,(H,19,21)(H,20,22). The van der Waals surface area contributed by atoms with Gasteiger partial charge in [-0.2, -0.15) is 10.2 Å². The number of carbonyl (C=O) groups excluding carboxylic acids is 2. The zero-order chi connectivity index (χ0) is 17.4. The SMILES string of the molecule is O=C(CCC(=O)NN=Cc1ccc(Cl)s1)NN=Cc1ccc(Cl)s1. The van der Waals surface area contributed by atoms with Crippen molar-refractivity contribution in [3.8, 4) is 0 Å². The van der Waals surface area contributed by atoms with Crippen LogP contribution in [0.3, 0.4) is 0 Å². The summed E-state index contributed by atoms with van der Waals surface area (Å²) in [5.41, 5.74) is 4.69. The molecule has 0 bridgehead atoms. The summed E-state index contributed by atoms with van der Waals surface area (Å²) in [6, 6.07) is 7.05. The molecule has 2 heterocycles. The van der Waals surface area contributed by atoms with E-state index in [4.69, 9.17) is 23.2 Å². The molecule has 2 aromatic heterocycles. The van der Waals surface area contributed by atoms with E-state index in [2.05, 4.69) is 21.1 Å². The van der Waals surface area contributed by atoms with Gasteiger partial charge in [-0.25, -0.2) is 10.9 Å². The van der Waals surface area contributed by atoms with E-state index in [1.54, 1.807) is 24.3 Å². The Hall–Kier alpha value is -1.74. The predicted octanol–water partition coefficient (Wildman–Crippen LogP) is 3.50. The van der Waals surface area contributed by atoms with Crippen molar-refractivity contribution in [2.45, 2.75) is 12.8 Å². The second-order valence-corrected chi connectivity index (χ2v) is 7.86. The second kappa shape index (κ2) is 9.53. The Morgan fingerprint density at radius 3 is 1.62 bits per heavy atom. The van der Waals surface area contributed by atoms with Crippen molar-refractivity contribution in [1.82, 2.24) is 10.9 Å². The lowest BCUT2D eigenvalue weighted by atomic mass is 10.3. The number of hydrogen-bond acceptors (Lipinski definition) is 6. The first-order valence-electron chi connectivity index (χ1n) is 6.67. The van der Waals surface area contributed by atoms with E-state index < -0.39 is 0 Å². The normalized spacial score (nSPS) is 11.2. The maximum absolute atomic E-state index is 11.6. The Morgan fingerprint density at radius 2 is 1.29 bits per heavy atom. The van der Waals surface area contributed by atoms with E-state index in [0.29, 0.717) is 8.67 Å². The molecule has 6 nitrogen and oxygen atoms in total. The van der Waals surface area contributed by atoms with Crippen LogP contribution in [0, 0.1) is 0 Å². The highest BCUT2D eigenvalue weighted by Crippen LogP contribution is 2.20. The van der Waals surface area contributed by atoms with E-state index in [-0.39, 0.29) is 24.7 Å². The first-order valence-corrected chi connectivity index (χ1v) is 9.06. The third-order valence-corrected chi connectivity index (χ3v) is 4.86. The molecule has 0 saturated heterocycles. The van der Waals surface area contributed by atoms with Crippen LogP contribution < -0.4 is 10.9 Å². The lowest BCUT2D eigenvalue weighted by Gasteiger charge is -1.99. The Balaban J connectivity index is 1.64. The number of halogens is 2. The maximum Gasteiger partial charge on any atom is 0.240 e. The van der Waals surface area contributed by atoms with E-state index in [0.717, 1.165) is 9.75 Å². The lowest BCUT2D eigenvalue weighted by molar-refractivity contribution is -0.126. The smallest absolute Gasteiger partial charge is 0.240 e. The van der Waals surface area contributed by atoms with Gasteiger partial charge in [0, 0.05) is 22.6 Å². The third-order valence-electron chi connectivity index (χ3n) is 2.53. The highest BCUT2D eigenvalue weighted by molar-refractivity contribution is 7.18.